The first kappa shape index (κ1) is 16.0. The summed E-state index contributed by atoms with van der Waals surface area (Å²) in [5.41, 5.74) is 1.11. The van der Waals surface area contributed by atoms with Crippen LogP contribution in [0.4, 0.5) is 0 Å². The summed E-state index contributed by atoms with van der Waals surface area (Å²) in [6.07, 6.45) is 2.02. The zero-order valence-electron chi connectivity index (χ0n) is 11.4. The van der Waals surface area contributed by atoms with Crippen LogP contribution in [0.2, 0.25) is 0 Å². The van der Waals surface area contributed by atoms with E-state index in [1.807, 2.05) is 30.3 Å². The molecular weight excluding hydrogens is 260 g/mol. The molecule has 2 atom stereocenters. The highest BCUT2D eigenvalue weighted by Crippen LogP contribution is 2.19. The Morgan fingerprint density at radius 2 is 2.16 bits per heavy atom. The third kappa shape index (κ3) is 4.51. The van der Waals surface area contributed by atoms with Crippen LogP contribution in [0.15, 0.2) is 30.3 Å². The van der Waals surface area contributed by atoms with Gasteiger partial charge in [-0.3, -0.25) is 4.79 Å². The minimum absolute atomic E-state index is 0. The van der Waals surface area contributed by atoms with Crippen molar-refractivity contribution in [3.8, 4) is 0 Å². The molecule has 0 aromatic heterocycles. The molecule has 0 bridgehead atoms. The Kier molecular flexibility index (Phi) is 6.89. The van der Waals surface area contributed by atoms with Gasteiger partial charge < -0.3 is 10.6 Å². The molecule has 1 fully saturated rings. The molecule has 0 spiro atoms. The van der Waals surface area contributed by atoms with Crippen molar-refractivity contribution >= 4 is 18.3 Å². The summed E-state index contributed by atoms with van der Waals surface area (Å²) in [5.74, 6) is 0.749. The Hall–Kier alpha value is -1.06. The Labute approximate surface area is 121 Å². The van der Waals surface area contributed by atoms with Gasteiger partial charge in [0.25, 0.3) is 0 Å². The average molecular weight is 283 g/mol. The summed E-state index contributed by atoms with van der Waals surface area (Å²) in [7, 11) is 0. The molecule has 1 aliphatic heterocycles. The highest BCUT2D eigenvalue weighted by atomic mass is 35.5. The van der Waals surface area contributed by atoms with E-state index in [0.717, 1.165) is 31.6 Å². The lowest BCUT2D eigenvalue weighted by molar-refractivity contribution is -0.122. The fraction of sp³-hybridized carbons (Fsp3) is 0.533. The zero-order valence-corrected chi connectivity index (χ0v) is 12.2. The molecular formula is C15H23ClN2O. The second kappa shape index (κ2) is 8.18. The maximum Gasteiger partial charge on any atom is 0.227 e. The lowest BCUT2D eigenvalue weighted by atomic mass is 9.95. The topological polar surface area (TPSA) is 41.1 Å². The van der Waals surface area contributed by atoms with Crippen molar-refractivity contribution in [3.63, 3.8) is 0 Å². The number of nitrogens with one attached hydrogen (secondary N) is 2. The first-order chi connectivity index (χ1) is 8.81. The van der Waals surface area contributed by atoms with Gasteiger partial charge in [0.05, 0.1) is 5.92 Å². The Morgan fingerprint density at radius 3 is 2.74 bits per heavy atom. The first-order valence-electron chi connectivity index (χ1n) is 6.84. The van der Waals surface area contributed by atoms with Crippen LogP contribution in [-0.2, 0) is 4.79 Å². The van der Waals surface area contributed by atoms with Crippen LogP contribution in [0.3, 0.4) is 0 Å². The molecule has 1 aromatic carbocycles. The van der Waals surface area contributed by atoms with Gasteiger partial charge in [0.2, 0.25) is 5.91 Å². The fourth-order valence-electron chi connectivity index (χ4n) is 2.51. The normalized spacial score (nSPS) is 19.5. The van der Waals surface area contributed by atoms with E-state index in [-0.39, 0.29) is 24.2 Å². The van der Waals surface area contributed by atoms with Gasteiger partial charge in [-0.05, 0) is 37.4 Å². The standard InChI is InChI=1S/C15H22N2O.ClH/c1-2-14(13-6-4-3-5-7-13)15(18)17-11-12-8-9-16-10-12;/h3-7,12,14,16H,2,8-11H2,1H3,(H,17,18);1H. The molecule has 2 rings (SSSR count). The van der Waals surface area contributed by atoms with Gasteiger partial charge in [-0.25, -0.2) is 0 Å². The van der Waals surface area contributed by atoms with E-state index in [2.05, 4.69) is 17.6 Å². The molecule has 0 saturated carbocycles. The van der Waals surface area contributed by atoms with E-state index in [4.69, 9.17) is 0 Å². The molecule has 2 N–H and O–H groups in total. The van der Waals surface area contributed by atoms with Crippen molar-refractivity contribution < 1.29 is 4.79 Å². The summed E-state index contributed by atoms with van der Waals surface area (Å²) in [5, 5.41) is 6.41. The smallest absolute Gasteiger partial charge is 0.227 e. The monoisotopic (exact) mass is 282 g/mol. The summed E-state index contributed by atoms with van der Waals surface area (Å²) < 4.78 is 0. The summed E-state index contributed by atoms with van der Waals surface area (Å²) >= 11 is 0. The number of amides is 1. The van der Waals surface area contributed by atoms with Gasteiger partial charge in [0, 0.05) is 6.54 Å². The molecule has 0 radical (unpaired) electrons. The molecule has 0 aliphatic carbocycles. The van der Waals surface area contributed by atoms with Crippen molar-refractivity contribution in [2.24, 2.45) is 5.92 Å². The van der Waals surface area contributed by atoms with Crippen LogP contribution >= 0.6 is 12.4 Å². The van der Waals surface area contributed by atoms with Crippen LogP contribution in [0.5, 0.6) is 0 Å². The van der Waals surface area contributed by atoms with Crippen molar-refractivity contribution in [1.82, 2.24) is 10.6 Å². The SMILES string of the molecule is CCC(C(=O)NCC1CCNC1)c1ccccc1.Cl. The molecule has 19 heavy (non-hydrogen) atoms. The molecule has 1 aromatic rings. The Balaban J connectivity index is 0.00000180. The molecule has 2 unspecified atom stereocenters. The molecule has 4 heteroatoms. The van der Waals surface area contributed by atoms with Crippen LogP contribution in [0, 0.1) is 5.92 Å². The van der Waals surface area contributed by atoms with E-state index in [9.17, 15) is 4.79 Å². The number of hydrogen-bond acceptors (Lipinski definition) is 2. The van der Waals surface area contributed by atoms with Crippen LogP contribution in [-0.4, -0.2) is 25.5 Å². The Morgan fingerprint density at radius 1 is 1.42 bits per heavy atom. The molecule has 1 aliphatic rings. The number of benzene rings is 1. The van der Waals surface area contributed by atoms with E-state index in [1.165, 1.54) is 6.42 Å². The van der Waals surface area contributed by atoms with E-state index < -0.39 is 0 Å². The van der Waals surface area contributed by atoms with Gasteiger partial charge >= 0.3 is 0 Å². The predicted octanol–water partition coefficient (Wildman–Crippen LogP) is 2.33. The molecule has 1 saturated heterocycles. The van der Waals surface area contributed by atoms with E-state index in [0.29, 0.717) is 5.92 Å². The fourth-order valence-corrected chi connectivity index (χ4v) is 2.51. The third-order valence-electron chi connectivity index (χ3n) is 3.65. The maximum atomic E-state index is 12.2. The Bertz CT molecular complexity index is 377. The summed E-state index contributed by atoms with van der Waals surface area (Å²) in [6, 6.07) is 10.0. The third-order valence-corrected chi connectivity index (χ3v) is 3.65. The molecule has 1 amide bonds. The molecule has 106 valence electrons. The second-order valence-corrected chi connectivity index (χ2v) is 4.98. The van der Waals surface area contributed by atoms with Gasteiger partial charge in [-0.1, -0.05) is 37.3 Å². The lowest BCUT2D eigenvalue weighted by Gasteiger charge is -2.17. The van der Waals surface area contributed by atoms with Crippen molar-refractivity contribution in [2.75, 3.05) is 19.6 Å². The maximum absolute atomic E-state index is 12.2. The number of halogens is 1. The van der Waals surface area contributed by atoms with Crippen LogP contribution < -0.4 is 10.6 Å². The summed E-state index contributed by atoms with van der Waals surface area (Å²) in [6.45, 7) is 4.97. The lowest BCUT2D eigenvalue weighted by Crippen LogP contribution is -2.33. The van der Waals surface area contributed by atoms with E-state index >= 15 is 0 Å². The zero-order chi connectivity index (χ0) is 12.8. The second-order valence-electron chi connectivity index (χ2n) is 4.98. The first-order valence-corrected chi connectivity index (χ1v) is 6.84. The average Bonchev–Trinajstić information content (AvgIpc) is 2.92. The van der Waals surface area contributed by atoms with Gasteiger partial charge in [-0.2, -0.15) is 0 Å². The van der Waals surface area contributed by atoms with Crippen LogP contribution in [0.25, 0.3) is 0 Å². The highest BCUT2D eigenvalue weighted by Gasteiger charge is 2.20. The highest BCUT2D eigenvalue weighted by molar-refractivity contribution is 5.85. The minimum Gasteiger partial charge on any atom is -0.355 e. The number of carbonyl (C=O) groups is 1. The van der Waals surface area contributed by atoms with Crippen molar-refractivity contribution in [2.45, 2.75) is 25.7 Å². The number of hydrogen-bond donors (Lipinski definition) is 2. The molecule has 3 nitrogen and oxygen atoms in total. The van der Waals surface area contributed by atoms with Gasteiger partial charge in [-0.15, -0.1) is 12.4 Å². The van der Waals surface area contributed by atoms with E-state index in [1.54, 1.807) is 0 Å². The summed E-state index contributed by atoms with van der Waals surface area (Å²) in [4.78, 5) is 12.2. The van der Waals surface area contributed by atoms with Gasteiger partial charge in [0.1, 0.15) is 0 Å². The quantitative estimate of drug-likeness (QED) is 0.870. The van der Waals surface area contributed by atoms with Crippen molar-refractivity contribution in [1.29, 1.82) is 0 Å². The largest absolute Gasteiger partial charge is 0.355 e. The van der Waals surface area contributed by atoms with Crippen molar-refractivity contribution in [3.05, 3.63) is 35.9 Å². The predicted molar refractivity (Wildman–Crippen MR) is 80.7 cm³/mol. The van der Waals surface area contributed by atoms with Gasteiger partial charge in [0.15, 0.2) is 0 Å². The number of carbonyl (C=O) groups excluding carboxylic acids is 1. The molecule has 1 heterocycles. The van der Waals surface area contributed by atoms with Crippen LogP contribution in [0.1, 0.15) is 31.2 Å². The minimum atomic E-state index is -0.0134. The number of rotatable bonds is 5.